The summed E-state index contributed by atoms with van der Waals surface area (Å²) in [6, 6.07) is 0.329. The monoisotopic (exact) mass is 211 g/mol. The second-order valence-corrected chi connectivity index (χ2v) is 4.05. The molecular weight excluding hydrogens is 194 g/mol. The van der Waals surface area contributed by atoms with Crippen LogP contribution in [0.25, 0.3) is 0 Å². The lowest BCUT2D eigenvalue weighted by molar-refractivity contribution is 0.502. The molecule has 0 aliphatic rings. The van der Waals surface area contributed by atoms with E-state index in [1.165, 1.54) is 17.1 Å². The maximum atomic E-state index is 4.09. The summed E-state index contributed by atoms with van der Waals surface area (Å²) < 4.78 is 3.88. The molecule has 0 bridgehead atoms. The van der Waals surface area contributed by atoms with Gasteiger partial charge in [0.15, 0.2) is 0 Å². The SMILES string of the molecule is C=C(C)CCC(NCC)c1csnn1. The summed E-state index contributed by atoms with van der Waals surface area (Å²) >= 11 is 1.40. The minimum atomic E-state index is 0.329. The predicted octanol–water partition coefficient (Wildman–Crippen LogP) is 2.55. The molecule has 14 heavy (non-hydrogen) atoms. The van der Waals surface area contributed by atoms with Crippen molar-refractivity contribution in [3.63, 3.8) is 0 Å². The number of nitrogens with zero attached hydrogens (tertiary/aromatic N) is 2. The average Bonchev–Trinajstić information content (AvgIpc) is 2.64. The van der Waals surface area contributed by atoms with Crippen LogP contribution in [0, 0.1) is 0 Å². The van der Waals surface area contributed by atoms with Gasteiger partial charge in [-0.1, -0.05) is 17.0 Å². The first-order chi connectivity index (χ1) is 6.74. The Labute approximate surface area is 89.4 Å². The van der Waals surface area contributed by atoms with E-state index in [0.717, 1.165) is 25.1 Å². The maximum absolute atomic E-state index is 4.09. The van der Waals surface area contributed by atoms with E-state index in [1.807, 2.05) is 5.38 Å². The molecule has 0 amide bonds. The van der Waals surface area contributed by atoms with Crippen molar-refractivity contribution in [1.82, 2.24) is 14.9 Å². The maximum Gasteiger partial charge on any atom is 0.0924 e. The van der Waals surface area contributed by atoms with Crippen molar-refractivity contribution in [2.45, 2.75) is 32.7 Å². The van der Waals surface area contributed by atoms with E-state index in [-0.39, 0.29) is 0 Å². The molecule has 1 atom stereocenters. The summed E-state index contributed by atoms with van der Waals surface area (Å²) in [6.07, 6.45) is 2.09. The van der Waals surface area contributed by atoms with Gasteiger partial charge in [-0.05, 0) is 37.8 Å². The topological polar surface area (TPSA) is 37.8 Å². The molecule has 1 aromatic rings. The normalized spacial score (nSPS) is 12.7. The average molecular weight is 211 g/mol. The summed E-state index contributed by atoms with van der Waals surface area (Å²) in [4.78, 5) is 0. The van der Waals surface area contributed by atoms with E-state index in [0.29, 0.717) is 6.04 Å². The fraction of sp³-hybridized carbons (Fsp3) is 0.600. The van der Waals surface area contributed by atoms with Crippen LogP contribution in [-0.2, 0) is 0 Å². The van der Waals surface area contributed by atoms with E-state index in [9.17, 15) is 0 Å². The zero-order valence-electron chi connectivity index (χ0n) is 8.79. The van der Waals surface area contributed by atoms with Crippen LogP contribution in [0.4, 0.5) is 0 Å². The Morgan fingerprint density at radius 1 is 1.71 bits per heavy atom. The standard InChI is InChI=1S/C10H17N3S/c1-4-11-9(6-5-8(2)3)10-7-14-13-12-10/h7,9,11H,2,4-6H2,1,3H3. The van der Waals surface area contributed by atoms with Crippen molar-refractivity contribution in [3.8, 4) is 0 Å². The molecule has 1 aromatic heterocycles. The van der Waals surface area contributed by atoms with Gasteiger partial charge in [-0.2, -0.15) is 0 Å². The molecule has 78 valence electrons. The van der Waals surface area contributed by atoms with Gasteiger partial charge in [-0.15, -0.1) is 11.7 Å². The molecule has 0 fully saturated rings. The van der Waals surface area contributed by atoms with Crippen LogP contribution in [-0.4, -0.2) is 16.1 Å². The van der Waals surface area contributed by atoms with Crippen LogP contribution >= 0.6 is 11.5 Å². The molecule has 0 spiro atoms. The lowest BCUT2D eigenvalue weighted by atomic mass is 10.1. The van der Waals surface area contributed by atoms with E-state index in [2.05, 4.69) is 35.3 Å². The molecule has 4 heteroatoms. The molecule has 1 rings (SSSR count). The largest absolute Gasteiger partial charge is 0.309 e. The highest BCUT2D eigenvalue weighted by Crippen LogP contribution is 2.18. The Hall–Kier alpha value is -0.740. The van der Waals surface area contributed by atoms with Gasteiger partial charge in [0.1, 0.15) is 0 Å². The Morgan fingerprint density at radius 3 is 3.00 bits per heavy atom. The van der Waals surface area contributed by atoms with Gasteiger partial charge in [0.2, 0.25) is 0 Å². The smallest absolute Gasteiger partial charge is 0.0924 e. The van der Waals surface area contributed by atoms with Gasteiger partial charge >= 0.3 is 0 Å². The number of hydrogen-bond acceptors (Lipinski definition) is 4. The van der Waals surface area contributed by atoms with Crippen LogP contribution in [0.5, 0.6) is 0 Å². The van der Waals surface area contributed by atoms with Gasteiger partial charge in [0.05, 0.1) is 11.7 Å². The lowest BCUT2D eigenvalue weighted by Gasteiger charge is -2.14. The molecule has 1 N–H and O–H groups in total. The molecule has 0 radical (unpaired) electrons. The number of aromatic nitrogens is 2. The highest BCUT2D eigenvalue weighted by molar-refractivity contribution is 7.03. The zero-order valence-corrected chi connectivity index (χ0v) is 9.60. The minimum absolute atomic E-state index is 0.329. The molecular formula is C10H17N3S. The Bertz CT molecular complexity index is 269. The second kappa shape index (κ2) is 5.88. The van der Waals surface area contributed by atoms with Crippen LogP contribution in [0.2, 0.25) is 0 Å². The fourth-order valence-electron chi connectivity index (χ4n) is 1.32. The van der Waals surface area contributed by atoms with Crippen LogP contribution in [0.15, 0.2) is 17.5 Å². The third-order valence-electron chi connectivity index (χ3n) is 2.04. The summed E-state index contributed by atoms with van der Waals surface area (Å²) in [5.41, 5.74) is 2.27. The number of nitrogens with one attached hydrogen (secondary N) is 1. The Kier molecular flexibility index (Phi) is 4.76. The molecule has 1 unspecified atom stereocenters. The van der Waals surface area contributed by atoms with Crippen molar-refractivity contribution >= 4 is 11.5 Å². The third-order valence-corrected chi connectivity index (χ3v) is 2.57. The minimum Gasteiger partial charge on any atom is -0.309 e. The second-order valence-electron chi connectivity index (χ2n) is 3.44. The van der Waals surface area contributed by atoms with Gasteiger partial charge in [-0.3, -0.25) is 0 Å². The third kappa shape index (κ3) is 3.55. The van der Waals surface area contributed by atoms with Crippen molar-refractivity contribution < 1.29 is 0 Å². The van der Waals surface area contributed by atoms with Gasteiger partial charge in [0, 0.05) is 5.38 Å². The van der Waals surface area contributed by atoms with Crippen LogP contribution in [0.3, 0.4) is 0 Å². The van der Waals surface area contributed by atoms with Crippen LogP contribution < -0.4 is 5.32 Å². The molecule has 0 saturated heterocycles. The van der Waals surface area contributed by atoms with E-state index in [1.54, 1.807) is 0 Å². The van der Waals surface area contributed by atoms with Crippen molar-refractivity contribution in [3.05, 3.63) is 23.2 Å². The highest BCUT2D eigenvalue weighted by Gasteiger charge is 2.12. The Morgan fingerprint density at radius 2 is 2.50 bits per heavy atom. The van der Waals surface area contributed by atoms with E-state index >= 15 is 0 Å². The van der Waals surface area contributed by atoms with E-state index < -0.39 is 0 Å². The quantitative estimate of drug-likeness (QED) is 0.735. The molecule has 3 nitrogen and oxygen atoms in total. The lowest BCUT2D eigenvalue weighted by Crippen LogP contribution is -2.21. The summed E-state index contributed by atoms with van der Waals surface area (Å²) in [5, 5.41) is 9.50. The first kappa shape index (κ1) is 11.3. The van der Waals surface area contributed by atoms with E-state index in [4.69, 9.17) is 0 Å². The molecule has 0 saturated carbocycles. The fourth-order valence-corrected chi connectivity index (χ4v) is 1.82. The van der Waals surface area contributed by atoms with Gasteiger partial charge in [-0.25, -0.2) is 0 Å². The highest BCUT2D eigenvalue weighted by atomic mass is 32.1. The predicted molar refractivity (Wildman–Crippen MR) is 60.4 cm³/mol. The van der Waals surface area contributed by atoms with Gasteiger partial charge in [0.25, 0.3) is 0 Å². The molecule has 0 aliphatic heterocycles. The molecule has 0 aliphatic carbocycles. The summed E-state index contributed by atoms with van der Waals surface area (Å²) in [7, 11) is 0. The van der Waals surface area contributed by atoms with Crippen LogP contribution in [0.1, 0.15) is 38.4 Å². The van der Waals surface area contributed by atoms with Gasteiger partial charge < -0.3 is 5.32 Å². The van der Waals surface area contributed by atoms with Crippen molar-refractivity contribution in [2.75, 3.05) is 6.54 Å². The number of allylic oxidation sites excluding steroid dienone is 1. The van der Waals surface area contributed by atoms with Crippen molar-refractivity contribution in [1.29, 1.82) is 0 Å². The number of hydrogen-bond donors (Lipinski definition) is 1. The summed E-state index contributed by atoms with van der Waals surface area (Å²) in [5.74, 6) is 0. The Balaban J connectivity index is 2.51. The number of rotatable bonds is 6. The summed E-state index contributed by atoms with van der Waals surface area (Å²) in [6.45, 7) is 9.03. The first-order valence-electron chi connectivity index (χ1n) is 4.88. The first-order valence-corrected chi connectivity index (χ1v) is 5.72. The van der Waals surface area contributed by atoms with Crippen molar-refractivity contribution in [2.24, 2.45) is 0 Å². The molecule has 1 heterocycles. The zero-order chi connectivity index (χ0) is 10.4. The molecule has 0 aromatic carbocycles.